The predicted octanol–water partition coefficient (Wildman–Crippen LogP) is 2.35. The number of ether oxygens (including phenoxy) is 3. The standard InChI is InChI=1S/C23H24O8/c1-13(29-21(27)11-8-15-6-9-16(25)10-7-15)22(28)17-12-18(17)23(30-14(2)24)19-4-3-5-20(26)31-19/h3,5-11,13,17-19,23,25H,4,12H2,1-2H3/t13-,17+,18+,19-,23+/m1/s1. The van der Waals surface area contributed by atoms with E-state index in [1.54, 1.807) is 18.2 Å². The van der Waals surface area contributed by atoms with Gasteiger partial charge in [0.25, 0.3) is 0 Å². The van der Waals surface area contributed by atoms with Gasteiger partial charge in [-0.1, -0.05) is 18.2 Å². The maximum atomic E-state index is 12.7. The summed E-state index contributed by atoms with van der Waals surface area (Å²) in [7, 11) is 0. The van der Waals surface area contributed by atoms with Crippen LogP contribution >= 0.6 is 0 Å². The van der Waals surface area contributed by atoms with Crippen molar-refractivity contribution in [1.29, 1.82) is 0 Å². The number of phenolic OH excluding ortho intramolecular Hbond substituents is 1. The van der Waals surface area contributed by atoms with Crippen LogP contribution in [0.2, 0.25) is 0 Å². The maximum Gasteiger partial charge on any atom is 0.331 e. The number of Topliss-reactive ketones (excluding diaryl/α,β-unsaturated/α-hetero) is 1. The van der Waals surface area contributed by atoms with Crippen molar-refractivity contribution < 1.29 is 38.5 Å². The number of carbonyl (C=O) groups excluding carboxylic acids is 4. The van der Waals surface area contributed by atoms with E-state index in [2.05, 4.69) is 0 Å². The van der Waals surface area contributed by atoms with E-state index in [4.69, 9.17) is 14.2 Å². The molecule has 0 radical (unpaired) electrons. The number of ketones is 1. The van der Waals surface area contributed by atoms with E-state index >= 15 is 0 Å². The molecule has 3 rings (SSSR count). The van der Waals surface area contributed by atoms with Crippen LogP contribution in [0.1, 0.15) is 32.3 Å². The third-order valence-corrected chi connectivity index (χ3v) is 5.18. The van der Waals surface area contributed by atoms with E-state index in [1.807, 2.05) is 0 Å². The minimum Gasteiger partial charge on any atom is -0.508 e. The number of cyclic esters (lactones) is 1. The zero-order valence-corrected chi connectivity index (χ0v) is 17.2. The molecule has 1 aliphatic heterocycles. The molecule has 0 bridgehead atoms. The SMILES string of the molecule is CC(=O)O[C@@H]([C@H]1C[C@@H]1C(=O)[C@@H](C)OC(=O)C=Cc1ccc(O)cc1)[C@H]1CC=CC(=O)O1. The third kappa shape index (κ3) is 6.04. The van der Waals surface area contributed by atoms with Crippen LogP contribution < -0.4 is 0 Å². The summed E-state index contributed by atoms with van der Waals surface area (Å²) in [6, 6.07) is 6.24. The summed E-state index contributed by atoms with van der Waals surface area (Å²) in [5.41, 5.74) is 0.691. The first-order valence-electron chi connectivity index (χ1n) is 10.0. The van der Waals surface area contributed by atoms with Crippen LogP contribution in [0, 0.1) is 11.8 Å². The third-order valence-electron chi connectivity index (χ3n) is 5.18. The molecular formula is C23H24O8. The molecule has 164 valence electrons. The number of esters is 3. The molecule has 5 atom stereocenters. The van der Waals surface area contributed by atoms with Crippen molar-refractivity contribution in [3.05, 3.63) is 48.1 Å². The van der Waals surface area contributed by atoms with Gasteiger partial charge < -0.3 is 19.3 Å². The smallest absolute Gasteiger partial charge is 0.331 e. The molecule has 8 heteroatoms. The van der Waals surface area contributed by atoms with Gasteiger partial charge in [0.1, 0.15) is 18.0 Å². The highest BCUT2D eigenvalue weighted by Crippen LogP contribution is 2.46. The minimum absolute atomic E-state index is 0.115. The number of rotatable bonds is 8. The number of aromatic hydroxyl groups is 1. The molecule has 0 saturated heterocycles. The second kappa shape index (κ2) is 9.59. The van der Waals surface area contributed by atoms with Crippen LogP contribution in [-0.4, -0.2) is 47.1 Å². The monoisotopic (exact) mass is 428 g/mol. The normalized spacial score (nSPS) is 24.2. The summed E-state index contributed by atoms with van der Waals surface area (Å²) in [6.07, 6.45) is 4.19. The van der Waals surface area contributed by atoms with E-state index in [0.717, 1.165) is 0 Å². The largest absolute Gasteiger partial charge is 0.508 e. The van der Waals surface area contributed by atoms with Gasteiger partial charge in [0.15, 0.2) is 11.9 Å². The Morgan fingerprint density at radius 3 is 2.55 bits per heavy atom. The van der Waals surface area contributed by atoms with Crippen LogP contribution in [0.5, 0.6) is 5.75 Å². The Labute approximate surface area is 179 Å². The Morgan fingerprint density at radius 2 is 1.90 bits per heavy atom. The average Bonchev–Trinajstić information content (AvgIpc) is 3.51. The van der Waals surface area contributed by atoms with Gasteiger partial charge in [-0.25, -0.2) is 9.59 Å². The van der Waals surface area contributed by atoms with E-state index in [0.29, 0.717) is 18.4 Å². The van der Waals surface area contributed by atoms with Crippen molar-refractivity contribution in [3.8, 4) is 5.75 Å². The van der Waals surface area contributed by atoms with Crippen molar-refractivity contribution in [2.45, 2.75) is 45.0 Å². The zero-order valence-electron chi connectivity index (χ0n) is 17.2. The topological polar surface area (TPSA) is 116 Å². The van der Waals surface area contributed by atoms with Crippen molar-refractivity contribution >= 4 is 29.8 Å². The van der Waals surface area contributed by atoms with Crippen molar-refractivity contribution in [3.63, 3.8) is 0 Å². The quantitative estimate of drug-likeness (QED) is 0.381. The summed E-state index contributed by atoms with van der Waals surface area (Å²) in [5.74, 6) is -2.61. The maximum absolute atomic E-state index is 12.7. The van der Waals surface area contributed by atoms with Gasteiger partial charge in [0.05, 0.1) is 0 Å². The highest BCUT2D eigenvalue weighted by atomic mass is 16.6. The van der Waals surface area contributed by atoms with E-state index < -0.39 is 42.1 Å². The van der Waals surface area contributed by atoms with Crippen molar-refractivity contribution in [1.82, 2.24) is 0 Å². The molecule has 31 heavy (non-hydrogen) atoms. The number of hydrogen-bond acceptors (Lipinski definition) is 8. The lowest BCUT2D eigenvalue weighted by Crippen LogP contribution is -2.38. The fourth-order valence-electron chi connectivity index (χ4n) is 3.59. The summed E-state index contributed by atoms with van der Waals surface area (Å²) in [4.78, 5) is 47.8. The highest BCUT2D eigenvalue weighted by Gasteiger charge is 2.53. The van der Waals surface area contributed by atoms with Crippen LogP contribution in [-0.2, 0) is 33.4 Å². The Balaban J connectivity index is 1.56. The Morgan fingerprint density at radius 1 is 1.19 bits per heavy atom. The molecule has 1 heterocycles. The van der Waals surface area contributed by atoms with Gasteiger partial charge >= 0.3 is 17.9 Å². The number of hydrogen-bond donors (Lipinski definition) is 1. The number of carbonyl (C=O) groups is 4. The van der Waals surface area contributed by atoms with E-state index in [-0.39, 0.29) is 17.5 Å². The first-order valence-corrected chi connectivity index (χ1v) is 10.0. The number of benzene rings is 1. The molecule has 0 aromatic heterocycles. The summed E-state index contributed by atoms with van der Waals surface area (Å²) < 4.78 is 15.8. The van der Waals surface area contributed by atoms with Gasteiger partial charge in [-0.3, -0.25) is 9.59 Å². The summed E-state index contributed by atoms with van der Waals surface area (Å²) in [5, 5.41) is 9.27. The van der Waals surface area contributed by atoms with Gasteiger partial charge in [-0.15, -0.1) is 0 Å². The molecule has 1 N–H and O–H groups in total. The lowest BCUT2D eigenvalue weighted by Gasteiger charge is -2.27. The Kier molecular flexibility index (Phi) is 6.89. The molecule has 0 amide bonds. The second-order valence-electron chi connectivity index (χ2n) is 7.60. The molecule has 1 saturated carbocycles. The molecule has 1 aliphatic carbocycles. The molecule has 8 nitrogen and oxygen atoms in total. The highest BCUT2D eigenvalue weighted by molar-refractivity contribution is 5.93. The molecule has 0 spiro atoms. The van der Waals surface area contributed by atoms with Crippen molar-refractivity contribution in [2.75, 3.05) is 0 Å². The molecule has 2 aliphatic rings. The molecule has 1 aromatic rings. The predicted molar refractivity (Wildman–Crippen MR) is 108 cm³/mol. The van der Waals surface area contributed by atoms with Crippen molar-refractivity contribution in [2.24, 2.45) is 11.8 Å². The fourth-order valence-corrected chi connectivity index (χ4v) is 3.59. The van der Waals surface area contributed by atoms with Gasteiger partial charge in [-0.2, -0.15) is 0 Å². The Bertz CT molecular complexity index is 914. The fraction of sp³-hybridized carbons (Fsp3) is 0.391. The van der Waals surface area contributed by atoms with Gasteiger partial charge in [0, 0.05) is 37.3 Å². The molecular weight excluding hydrogens is 404 g/mol. The molecule has 1 fully saturated rings. The average molecular weight is 428 g/mol. The minimum atomic E-state index is -0.973. The lowest BCUT2D eigenvalue weighted by molar-refractivity contribution is -0.167. The summed E-state index contributed by atoms with van der Waals surface area (Å²) in [6.45, 7) is 2.76. The van der Waals surface area contributed by atoms with Crippen LogP contribution in [0.15, 0.2) is 42.5 Å². The van der Waals surface area contributed by atoms with Crippen LogP contribution in [0.3, 0.4) is 0 Å². The van der Waals surface area contributed by atoms with E-state index in [1.165, 1.54) is 44.2 Å². The number of phenols is 1. The first kappa shape index (κ1) is 22.3. The zero-order chi connectivity index (χ0) is 22.5. The molecule has 0 unspecified atom stereocenters. The van der Waals surface area contributed by atoms with Gasteiger partial charge in [0.2, 0.25) is 0 Å². The van der Waals surface area contributed by atoms with Crippen LogP contribution in [0.25, 0.3) is 6.08 Å². The first-order chi connectivity index (χ1) is 14.7. The second-order valence-corrected chi connectivity index (χ2v) is 7.60. The molecule has 1 aromatic carbocycles. The van der Waals surface area contributed by atoms with Gasteiger partial charge in [-0.05, 0) is 37.1 Å². The lowest BCUT2D eigenvalue weighted by atomic mass is 10.0. The Hall–Kier alpha value is -3.42. The summed E-state index contributed by atoms with van der Waals surface area (Å²) >= 11 is 0. The van der Waals surface area contributed by atoms with Crippen LogP contribution in [0.4, 0.5) is 0 Å². The van der Waals surface area contributed by atoms with E-state index in [9.17, 15) is 24.3 Å².